The minimum Gasteiger partial charge on any atom is -0.475 e. The van der Waals surface area contributed by atoms with Gasteiger partial charge >= 0.3 is 0 Å². The second kappa shape index (κ2) is 6.94. The molecule has 0 spiro atoms. The fraction of sp³-hybridized carbons (Fsp3) is 0.364. The fourth-order valence-corrected chi connectivity index (χ4v) is 5.32. The van der Waals surface area contributed by atoms with Crippen LogP contribution in [0.5, 0.6) is 5.75 Å². The van der Waals surface area contributed by atoms with Crippen LogP contribution in [0.2, 0.25) is 0 Å². The molecule has 1 aliphatic rings. The number of carbonyl (C=O) groups excluding carboxylic acids is 1. The number of pyridine rings is 1. The van der Waals surface area contributed by atoms with Crippen molar-refractivity contribution < 1.29 is 17.9 Å². The second-order valence-electron chi connectivity index (χ2n) is 8.71. The predicted molar refractivity (Wildman–Crippen MR) is 123 cm³/mol. The molecule has 1 aromatic carbocycles. The van der Waals surface area contributed by atoms with Gasteiger partial charge in [-0.3, -0.25) is 9.59 Å². The molecule has 0 radical (unpaired) electrons. The summed E-state index contributed by atoms with van der Waals surface area (Å²) in [6.07, 6.45) is 3.32. The highest BCUT2D eigenvalue weighted by atomic mass is 32.2. The summed E-state index contributed by atoms with van der Waals surface area (Å²) in [5.74, 6) is 0.110. The first-order valence-electron chi connectivity index (χ1n) is 10.0. The van der Waals surface area contributed by atoms with Gasteiger partial charge in [0, 0.05) is 57.1 Å². The maximum atomic E-state index is 13.2. The molecule has 0 bridgehead atoms. The number of nitrogens with one attached hydrogen (secondary N) is 1. The first kappa shape index (κ1) is 22.1. The lowest BCUT2D eigenvalue weighted by Gasteiger charge is -2.39. The fourth-order valence-electron chi connectivity index (χ4n) is 4.18. The Bertz CT molecular complexity index is 1450. The highest BCUT2D eigenvalue weighted by Crippen LogP contribution is 2.49. The van der Waals surface area contributed by atoms with Gasteiger partial charge in [-0.25, -0.2) is 12.7 Å². The van der Waals surface area contributed by atoms with Crippen molar-refractivity contribution in [1.29, 1.82) is 0 Å². The molecule has 32 heavy (non-hydrogen) atoms. The number of likely N-dealkylation sites (N-methyl/N-ethyl adjacent to an activating group) is 1. The summed E-state index contributed by atoms with van der Waals surface area (Å²) in [4.78, 5) is 30.0. The van der Waals surface area contributed by atoms with Crippen molar-refractivity contribution in [2.45, 2.75) is 31.3 Å². The number of anilines is 1. The van der Waals surface area contributed by atoms with Crippen LogP contribution in [-0.4, -0.2) is 54.9 Å². The van der Waals surface area contributed by atoms with E-state index in [0.29, 0.717) is 39.0 Å². The second-order valence-corrected chi connectivity index (χ2v) is 10.8. The molecule has 1 aliphatic heterocycles. The molecule has 10 heteroatoms. The summed E-state index contributed by atoms with van der Waals surface area (Å²) in [6.45, 7) is 5.01. The van der Waals surface area contributed by atoms with Crippen LogP contribution >= 0.6 is 0 Å². The highest BCUT2D eigenvalue weighted by Gasteiger charge is 2.43. The quantitative estimate of drug-likeness (QED) is 0.648. The first-order chi connectivity index (χ1) is 14.8. The van der Waals surface area contributed by atoms with Gasteiger partial charge in [-0.1, -0.05) is 0 Å². The number of aromatic amines is 1. The molecule has 9 nitrogen and oxygen atoms in total. The molecular formula is C22H26N4O5S. The summed E-state index contributed by atoms with van der Waals surface area (Å²) in [5.41, 5.74) is 0.957. The molecule has 1 N–H and O–H groups in total. The predicted octanol–water partition coefficient (Wildman–Crippen LogP) is 2.23. The number of aryl methyl sites for hydroxylation is 1. The molecule has 0 saturated heterocycles. The average molecular weight is 459 g/mol. The van der Waals surface area contributed by atoms with Crippen molar-refractivity contribution in [3.05, 3.63) is 40.4 Å². The number of rotatable bonds is 3. The molecule has 170 valence electrons. The van der Waals surface area contributed by atoms with Gasteiger partial charge < -0.3 is 19.2 Å². The lowest BCUT2D eigenvalue weighted by atomic mass is 9.95. The van der Waals surface area contributed by atoms with E-state index in [2.05, 4.69) is 4.98 Å². The van der Waals surface area contributed by atoms with E-state index in [0.717, 1.165) is 4.31 Å². The number of amides is 1. The van der Waals surface area contributed by atoms with Gasteiger partial charge in [0.2, 0.25) is 10.0 Å². The molecule has 2 aromatic heterocycles. The largest absolute Gasteiger partial charge is 0.475 e. The summed E-state index contributed by atoms with van der Waals surface area (Å²) >= 11 is 0. The van der Waals surface area contributed by atoms with Gasteiger partial charge in [0.15, 0.2) is 11.4 Å². The number of aromatic nitrogens is 2. The lowest BCUT2D eigenvalue weighted by molar-refractivity contribution is -0.132. The van der Waals surface area contributed by atoms with Crippen molar-refractivity contribution >= 4 is 32.5 Å². The Morgan fingerprint density at radius 2 is 1.78 bits per heavy atom. The molecule has 0 atom stereocenters. The third kappa shape index (κ3) is 2.97. The van der Waals surface area contributed by atoms with Gasteiger partial charge in [-0.05, 0) is 38.5 Å². The molecular weight excluding hydrogens is 432 g/mol. The molecule has 0 fully saturated rings. The van der Waals surface area contributed by atoms with Crippen molar-refractivity contribution in [3.63, 3.8) is 0 Å². The van der Waals surface area contributed by atoms with Crippen molar-refractivity contribution in [2.24, 2.45) is 7.05 Å². The molecule has 1 amide bonds. The number of H-pyrrole nitrogens is 1. The van der Waals surface area contributed by atoms with Crippen molar-refractivity contribution in [3.8, 4) is 16.9 Å². The average Bonchev–Trinajstić information content (AvgIpc) is 3.19. The number of sulfonamides is 1. The number of hydrogen-bond acceptors (Lipinski definition) is 5. The van der Waals surface area contributed by atoms with Gasteiger partial charge in [-0.15, -0.1) is 0 Å². The molecule has 0 saturated carbocycles. The van der Waals surface area contributed by atoms with Crippen LogP contribution in [-0.2, 0) is 21.9 Å². The minimum absolute atomic E-state index is 0.0664. The molecule has 3 heterocycles. The maximum absolute atomic E-state index is 13.2. The van der Waals surface area contributed by atoms with Gasteiger partial charge in [0.25, 0.3) is 11.5 Å². The number of ether oxygens (including phenoxy) is 1. The minimum atomic E-state index is -3.84. The summed E-state index contributed by atoms with van der Waals surface area (Å²) in [6, 6.07) is 3.33. The zero-order valence-corrected chi connectivity index (χ0v) is 19.9. The Hall–Kier alpha value is -3.11. The van der Waals surface area contributed by atoms with E-state index in [1.807, 2.05) is 0 Å². The smallest absolute Gasteiger partial charge is 0.274 e. The van der Waals surface area contributed by atoms with Crippen molar-refractivity contribution in [1.82, 2.24) is 13.9 Å². The molecule has 0 aliphatic carbocycles. The van der Waals surface area contributed by atoms with Crippen molar-refractivity contribution in [2.75, 3.05) is 26.0 Å². The van der Waals surface area contributed by atoms with E-state index in [1.165, 1.54) is 23.6 Å². The summed E-state index contributed by atoms with van der Waals surface area (Å²) < 4.78 is 35.1. The van der Waals surface area contributed by atoms with E-state index < -0.39 is 15.6 Å². The first-order valence-corrected chi connectivity index (χ1v) is 11.5. The monoisotopic (exact) mass is 458 g/mol. The van der Waals surface area contributed by atoms with Crippen LogP contribution < -0.4 is 15.2 Å². The van der Waals surface area contributed by atoms with Gasteiger partial charge in [-0.2, -0.15) is 0 Å². The van der Waals surface area contributed by atoms with Gasteiger partial charge in [0.1, 0.15) is 5.52 Å². The standard InChI is InChI=1S/C22H26N4O5S/c1-12-16(32(29,30)24(4)5)10-14(19-18(12)26(7)21(28)22(2,3)31-19)15-11-25(6)20(27)17-13(15)8-9-23-17/h8-11,23H,1-7H3. The van der Waals surface area contributed by atoms with E-state index >= 15 is 0 Å². The number of fused-ring (bicyclic) bond motifs is 2. The Morgan fingerprint density at radius 3 is 2.41 bits per heavy atom. The van der Waals surface area contributed by atoms with Gasteiger partial charge in [0.05, 0.1) is 10.6 Å². The number of carbonyl (C=O) groups is 1. The summed E-state index contributed by atoms with van der Waals surface area (Å²) in [5, 5.41) is 0.633. The van der Waals surface area contributed by atoms with E-state index in [4.69, 9.17) is 4.74 Å². The Kier molecular flexibility index (Phi) is 4.80. The SMILES string of the molecule is Cc1c(S(=O)(=O)N(C)C)cc(-c2cn(C)c(=O)c3[nH]ccc23)c2c1N(C)C(=O)C(C)(C)O2. The third-order valence-electron chi connectivity index (χ3n) is 5.92. The molecule has 4 rings (SSSR count). The Morgan fingerprint density at radius 1 is 1.12 bits per heavy atom. The van der Waals surface area contributed by atoms with E-state index in [1.54, 1.807) is 59.4 Å². The van der Waals surface area contributed by atoms with Crippen LogP contribution in [0.3, 0.4) is 0 Å². The Labute approximate surface area is 186 Å². The van der Waals surface area contributed by atoms with Crippen LogP contribution in [0.25, 0.3) is 22.0 Å². The van der Waals surface area contributed by atoms with Crippen LogP contribution in [0.15, 0.2) is 34.2 Å². The number of nitrogens with zero attached hydrogens (tertiary/aromatic N) is 3. The van der Waals surface area contributed by atoms with Crippen LogP contribution in [0.4, 0.5) is 5.69 Å². The summed E-state index contributed by atoms with van der Waals surface area (Å²) in [7, 11) is 2.32. The normalized spacial score (nSPS) is 15.9. The lowest BCUT2D eigenvalue weighted by Crippen LogP contribution is -2.51. The number of benzene rings is 1. The van der Waals surface area contributed by atoms with E-state index in [9.17, 15) is 18.0 Å². The van der Waals surface area contributed by atoms with E-state index in [-0.39, 0.29) is 16.4 Å². The molecule has 0 unspecified atom stereocenters. The topological polar surface area (TPSA) is 105 Å². The maximum Gasteiger partial charge on any atom is 0.274 e. The van der Waals surface area contributed by atoms with Crippen LogP contribution in [0, 0.1) is 6.92 Å². The highest BCUT2D eigenvalue weighted by molar-refractivity contribution is 7.89. The zero-order valence-electron chi connectivity index (χ0n) is 19.1. The third-order valence-corrected chi connectivity index (χ3v) is 7.86. The zero-order chi connectivity index (χ0) is 23.7. The number of hydrogen-bond donors (Lipinski definition) is 1. The molecule has 3 aromatic rings. The van der Waals surface area contributed by atoms with Crippen LogP contribution in [0.1, 0.15) is 19.4 Å². The Balaban J connectivity index is 2.20.